The Labute approximate surface area is 224 Å². The average molecular weight is 540 g/mol. The van der Waals surface area contributed by atoms with E-state index in [1.54, 1.807) is 19.2 Å². The van der Waals surface area contributed by atoms with Gasteiger partial charge in [0.25, 0.3) is 5.56 Å². The molecule has 0 aliphatic rings. The second kappa shape index (κ2) is 14.9. The Balaban J connectivity index is 1.75. The van der Waals surface area contributed by atoms with Crippen LogP contribution in [0.25, 0.3) is 0 Å². The van der Waals surface area contributed by atoms with Crippen molar-refractivity contribution in [1.29, 1.82) is 5.26 Å². The van der Waals surface area contributed by atoms with Gasteiger partial charge in [0.1, 0.15) is 17.4 Å². The van der Waals surface area contributed by atoms with E-state index >= 15 is 0 Å². The molecule has 0 fully saturated rings. The normalized spacial score (nSPS) is 11.1. The molecular formula is C26H29N5O6S. The molecular weight excluding hydrogens is 510 g/mol. The molecule has 0 spiro atoms. The lowest BCUT2D eigenvalue weighted by Gasteiger charge is -2.14. The van der Waals surface area contributed by atoms with Crippen LogP contribution in [0.3, 0.4) is 0 Å². The summed E-state index contributed by atoms with van der Waals surface area (Å²) in [6, 6.07) is 16.9. The molecule has 12 heteroatoms. The van der Waals surface area contributed by atoms with Crippen molar-refractivity contribution in [3.63, 3.8) is 0 Å². The molecule has 1 aromatic heterocycles. The number of hydrogen-bond acceptors (Lipinski definition) is 11. The van der Waals surface area contributed by atoms with Gasteiger partial charge < -0.3 is 24.4 Å². The number of benzene rings is 2. The van der Waals surface area contributed by atoms with Crippen molar-refractivity contribution in [2.45, 2.75) is 24.6 Å². The molecule has 0 atom stereocenters. The second-order valence-electron chi connectivity index (χ2n) is 7.83. The van der Waals surface area contributed by atoms with E-state index in [9.17, 15) is 15.2 Å². The van der Waals surface area contributed by atoms with E-state index in [0.717, 1.165) is 20.8 Å². The summed E-state index contributed by atoms with van der Waals surface area (Å²) in [5.41, 5.74) is 0.847. The maximum absolute atomic E-state index is 12.8. The van der Waals surface area contributed by atoms with Crippen LogP contribution in [0.15, 0.2) is 68.4 Å². The van der Waals surface area contributed by atoms with Gasteiger partial charge in [-0.2, -0.15) is 10.4 Å². The number of hydrogen-bond donors (Lipinski definition) is 3. The Kier molecular flexibility index (Phi) is 11.3. The molecule has 0 amide bonds. The maximum atomic E-state index is 12.8. The number of aromatic hydroxyl groups is 1. The van der Waals surface area contributed by atoms with Gasteiger partial charge in [0.2, 0.25) is 5.88 Å². The van der Waals surface area contributed by atoms with Gasteiger partial charge in [0, 0.05) is 24.1 Å². The molecule has 3 N–H and O–H groups in total. The first kappa shape index (κ1) is 28.8. The first-order valence-corrected chi connectivity index (χ1v) is 12.4. The first-order chi connectivity index (χ1) is 18.5. The standard InChI is InChI=1S/C26H29N5O6S/c1-35-17-23-22(15-27)25(33)31(11-13-37-14-12-32)26(34)24(23)30-29-19-5-9-21(10-6-19)38-28-16-18-3-7-20(36-2)8-4-18/h3-10,28,32,34H,11-14,16-17H2,1-2H3/b30-29+. The Morgan fingerprint density at radius 1 is 1.08 bits per heavy atom. The van der Waals surface area contributed by atoms with E-state index in [1.807, 2.05) is 42.5 Å². The van der Waals surface area contributed by atoms with Crippen LogP contribution in [-0.2, 0) is 29.2 Å². The summed E-state index contributed by atoms with van der Waals surface area (Å²) in [4.78, 5) is 13.7. The van der Waals surface area contributed by atoms with E-state index in [4.69, 9.17) is 19.3 Å². The van der Waals surface area contributed by atoms with E-state index in [-0.39, 0.29) is 49.8 Å². The van der Waals surface area contributed by atoms with Crippen LogP contribution in [0.1, 0.15) is 16.7 Å². The number of aliphatic hydroxyl groups excluding tert-OH is 1. The third-order valence-corrected chi connectivity index (χ3v) is 6.13. The van der Waals surface area contributed by atoms with Gasteiger partial charge in [-0.15, -0.1) is 5.11 Å². The fraction of sp³-hybridized carbons (Fsp3) is 0.308. The molecule has 3 aromatic rings. The molecule has 0 aliphatic carbocycles. The van der Waals surface area contributed by atoms with Gasteiger partial charge in [-0.05, 0) is 53.9 Å². The van der Waals surface area contributed by atoms with Crippen LogP contribution in [0, 0.1) is 11.3 Å². The van der Waals surface area contributed by atoms with Gasteiger partial charge >= 0.3 is 0 Å². The lowest BCUT2D eigenvalue weighted by atomic mass is 10.1. The number of nitrogens with one attached hydrogen (secondary N) is 1. The highest BCUT2D eigenvalue weighted by Crippen LogP contribution is 2.33. The largest absolute Gasteiger partial charge is 0.497 e. The zero-order valence-corrected chi connectivity index (χ0v) is 21.9. The van der Waals surface area contributed by atoms with Crippen molar-refractivity contribution in [2.24, 2.45) is 10.2 Å². The second-order valence-corrected chi connectivity index (χ2v) is 8.79. The Morgan fingerprint density at radius 3 is 2.45 bits per heavy atom. The number of ether oxygens (including phenoxy) is 3. The third kappa shape index (κ3) is 7.64. The SMILES string of the molecule is COCc1c(/N=N/c2ccc(SNCc3ccc(OC)cc3)cc2)c(O)n(CCOCCO)c(=O)c1C#N. The van der Waals surface area contributed by atoms with Crippen LogP contribution < -0.4 is 15.0 Å². The summed E-state index contributed by atoms with van der Waals surface area (Å²) < 4.78 is 19.8. The number of aliphatic hydroxyl groups is 1. The molecule has 2 aromatic carbocycles. The molecule has 11 nitrogen and oxygen atoms in total. The number of rotatable bonds is 14. The van der Waals surface area contributed by atoms with Crippen molar-refractivity contribution in [3.8, 4) is 17.7 Å². The van der Waals surface area contributed by atoms with Crippen molar-refractivity contribution in [2.75, 3.05) is 34.0 Å². The van der Waals surface area contributed by atoms with Crippen LogP contribution in [0.4, 0.5) is 11.4 Å². The molecule has 0 aliphatic heterocycles. The average Bonchev–Trinajstić information content (AvgIpc) is 2.94. The topological polar surface area (TPSA) is 151 Å². The van der Waals surface area contributed by atoms with E-state index in [0.29, 0.717) is 12.2 Å². The minimum absolute atomic E-state index is 0.0371. The molecule has 3 rings (SSSR count). The van der Waals surface area contributed by atoms with E-state index < -0.39 is 11.4 Å². The lowest BCUT2D eigenvalue weighted by Crippen LogP contribution is -2.26. The van der Waals surface area contributed by atoms with Gasteiger partial charge in [0.05, 0.1) is 45.8 Å². The molecule has 0 saturated heterocycles. The van der Waals surface area contributed by atoms with Crippen molar-refractivity contribution < 1.29 is 24.4 Å². The number of nitrogens with zero attached hydrogens (tertiary/aromatic N) is 4. The van der Waals surface area contributed by atoms with Crippen molar-refractivity contribution in [3.05, 3.63) is 75.6 Å². The summed E-state index contributed by atoms with van der Waals surface area (Å²) >= 11 is 1.47. The lowest BCUT2D eigenvalue weighted by molar-refractivity contribution is 0.0853. The Hall–Kier alpha value is -3.73. The van der Waals surface area contributed by atoms with Crippen LogP contribution >= 0.6 is 11.9 Å². The minimum atomic E-state index is -0.688. The summed E-state index contributed by atoms with van der Waals surface area (Å²) in [6.45, 7) is 0.471. The molecule has 0 unspecified atom stereocenters. The number of pyridine rings is 1. The summed E-state index contributed by atoms with van der Waals surface area (Å²) in [5, 5.41) is 37.6. The Bertz CT molecular complexity index is 1320. The highest BCUT2D eigenvalue weighted by molar-refractivity contribution is 7.97. The minimum Gasteiger partial charge on any atom is -0.497 e. The predicted octanol–water partition coefficient (Wildman–Crippen LogP) is 3.80. The molecule has 38 heavy (non-hydrogen) atoms. The van der Waals surface area contributed by atoms with Crippen LogP contribution in [-0.4, -0.2) is 48.8 Å². The fourth-order valence-corrected chi connectivity index (χ4v) is 4.09. The van der Waals surface area contributed by atoms with Gasteiger partial charge in [-0.25, -0.2) is 0 Å². The van der Waals surface area contributed by atoms with Gasteiger partial charge in [-0.1, -0.05) is 12.1 Å². The smallest absolute Gasteiger partial charge is 0.271 e. The van der Waals surface area contributed by atoms with Crippen LogP contribution in [0.5, 0.6) is 11.6 Å². The molecule has 0 bridgehead atoms. The summed E-state index contributed by atoms with van der Waals surface area (Å²) in [7, 11) is 3.04. The Morgan fingerprint density at radius 2 is 1.82 bits per heavy atom. The number of methoxy groups -OCH3 is 2. The van der Waals surface area contributed by atoms with Crippen LogP contribution in [0.2, 0.25) is 0 Å². The number of nitriles is 1. The number of aromatic nitrogens is 1. The monoisotopic (exact) mass is 539 g/mol. The van der Waals surface area contributed by atoms with Crippen molar-refractivity contribution >= 4 is 23.3 Å². The molecule has 0 saturated carbocycles. The zero-order chi connectivity index (χ0) is 27.3. The first-order valence-electron chi connectivity index (χ1n) is 11.6. The summed E-state index contributed by atoms with van der Waals surface area (Å²) in [5.74, 6) is 0.357. The van der Waals surface area contributed by atoms with E-state index in [1.165, 1.54) is 19.1 Å². The number of azo groups is 1. The quantitative estimate of drug-likeness (QED) is 0.158. The van der Waals surface area contributed by atoms with E-state index in [2.05, 4.69) is 15.0 Å². The van der Waals surface area contributed by atoms with Crippen molar-refractivity contribution in [1.82, 2.24) is 9.29 Å². The highest BCUT2D eigenvalue weighted by Gasteiger charge is 2.22. The summed E-state index contributed by atoms with van der Waals surface area (Å²) in [6.07, 6.45) is 0. The fourth-order valence-electron chi connectivity index (χ4n) is 3.41. The molecule has 1 heterocycles. The maximum Gasteiger partial charge on any atom is 0.271 e. The molecule has 200 valence electrons. The third-order valence-electron chi connectivity index (χ3n) is 5.34. The highest BCUT2D eigenvalue weighted by atomic mass is 32.2. The van der Waals surface area contributed by atoms with Gasteiger partial charge in [0.15, 0.2) is 5.69 Å². The van der Waals surface area contributed by atoms with Gasteiger partial charge in [-0.3, -0.25) is 14.1 Å². The zero-order valence-electron chi connectivity index (χ0n) is 21.1. The molecule has 0 radical (unpaired) electrons. The predicted molar refractivity (Wildman–Crippen MR) is 142 cm³/mol.